The molecule has 0 saturated heterocycles. The molecule has 4 nitrogen and oxygen atoms in total. The van der Waals surface area contributed by atoms with Gasteiger partial charge in [0.1, 0.15) is 5.75 Å². The van der Waals surface area contributed by atoms with E-state index in [1.165, 1.54) is 18.2 Å². The number of nitrogens with one attached hydrogen (secondary N) is 2. The first-order chi connectivity index (χ1) is 12.0. The zero-order valence-electron chi connectivity index (χ0n) is 13.1. The summed E-state index contributed by atoms with van der Waals surface area (Å²) in [7, 11) is 0. The highest BCUT2D eigenvalue weighted by Gasteiger charge is 2.11. The van der Waals surface area contributed by atoms with Crippen LogP contribution in [0.25, 0.3) is 10.9 Å². The Labute approximate surface area is 147 Å². The number of halogens is 3. The third kappa shape index (κ3) is 4.28. The lowest BCUT2D eigenvalue weighted by Crippen LogP contribution is -2.12. The van der Waals surface area contributed by atoms with Crippen LogP contribution in [0.2, 0.25) is 5.02 Å². The molecule has 2 aromatic carbocycles. The number of fused-ring (bicyclic) bond motifs is 1. The second-order valence-electron chi connectivity index (χ2n) is 5.43. The van der Waals surface area contributed by atoms with Gasteiger partial charge in [-0.3, -0.25) is 4.79 Å². The Morgan fingerprint density at radius 2 is 2.04 bits per heavy atom. The first kappa shape index (κ1) is 17.2. The maximum atomic E-state index is 12.2. The van der Waals surface area contributed by atoms with Crippen LogP contribution in [0.1, 0.15) is 12.0 Å². The molecule has 0 atom stereocenters. The van der Waals surface area contributed by atoms with Crippen LogP contribution in [0.5, 0.6) is 5.75 Å². The molecule has 0 aliphatic carbocycles. The lowest BCUT2D eigenvalue weighted by Gasteiger charge is -2.09. The van der Waals surface area contributed by atoms with Crippen molar-refractivity contribution in [3.63, 3.8) is 0 Å². The van der Waals surface area contributed by atoms with Crippen molar-refractivity contribution in [1.29, 1.82) is 0 Å². The number of aryl methyl sites for hydroxylation is 1. The highest BCUT2D eigenvalue weighted by Crippen LogP contribution is 2.29. The molecule has 0 unspecified atom stereocenters. The fraction of sp³-hybridized carbons (Fsp3) is 0.167. The maximum absolute atomic E-state index is 12.2. The summed E-state index contributed by atoms with van der Waals surface area (Å²) in [5.41, 5.74) is 2.51. The normalized spacial score (nSPS) is 11.0. The van der Waals surface area contributed by atoms with Gasteiger partial charge in [-0.15, -0.1) is 0 Å². The summed E-state index contributed by atoms with van der Waals surface area (Å²) in [4.78, 5) is 15.3. The molecule has 7 heteroatoms. The summed E-state index contributed by atoms with van der Waals surface area (Å²) in [6.07, 6.45) is 2.76. The van der Waals surface area contributed by atoms with Gasteiger partial charge in [-0.1, -0.05) is 29.8 Å². The summed E-state index contributed by atoms with van der Waals surface area (Å²) >= 11 is 5.87. The van der Waals surface area contributed by atoms with Gasteiger partial charge < -0.3 is 15.0 Å². The van der Waals surface area contributed by atoms with E-state index in [0.717, 1.165) is 16.5 Å². The van der Waals surface area contributed by atoms with E-state index in [4.69, 9.17) is 11.6 Å². The number of carbonyl (C=O) groups excluding carboxylic acids is 1. The second-order valence-corrected chi connectivity index (χ2v) is 5.84. The maximum Gasteiger partial charge on any atom is 0.387 e. The molecule has 3 rings (SSSR count). The number of carbonyl (C=O) groups is 1. The number of benzene rings is 2. The van der Waals surface area contributed by atoms with Crippen molar-refractivity contribution in [1.82, 2.24) is 4.98 Å². The number of para-hydroxylation sites is 1. The Hall–Kier alpha value is -2.60. The molecule has 25 heavy (non-hydrogen) atoms. The summed E-state index contributed by atoms with van der Waals surface area (Å²) in [6.45, 7) is -2.95. The number of aromatic amines is 1. The minimum absolute atomic E-state index is 0.00901. The SMILES string of the molecule is O=C(CCc1c[nH]c2ccccc12)Nc1ccc(OC(F)F)c(Cl)c1. The molecule has 1 amide bonds. The molecule has 0 fully saturated rings. The van der Waals surface area contributed by atoms with Crippen LogP contribution in [-0.4, -0.2) is 17.5 Å². The predicted octanol–water partition coefficient (Wildman–Crippen LogP) is 4.99. The number of alkyl halides is 2. The lowest BCUT2D eigenvalue weighted by molar-refractivity contribution is -0.116. The first-order valence-corrected chi connectivity index (χ1v) is 8.00. The molecule has 0 radical (unpaired) electrons. The van der Waals surface area contributed by atoms with Crippen molar-refractivity contribution in [3.05, 3.63) is 59.2 Å². The van der Waals surface area contributed by atoms with Gasteiger partial charge in [0.15, 0.2) is 0 Å². The third-order valence-corrected chi connectivity index (χ3v) is 4.02. The van der Waals surface area contributed by atoms with Crippen LogP contribution in [0.15, 0.2) is 48.7 Å². The number of hydrogen-bond donors (Lipinski definition) is 2. The molecule has 0 spiro atoms. The predicted molar refractivity (Wildman–Crippen MR) is 93.3 cm³/mol. The van der Waals surface area contributed by atoms with Crippen molar-refractivity contribution < 1.29 is 18.3 Å². The van der Waals surface area contributed by atoms with E-state index in [0.29, 0.717) is 12.1 Å². The van der Waals surface area contributed by atoms with Crippen LogP contribution < -0.4 is 10.1 Å². The first-order valence-electron chi connectivity index (χ1n) is 7.62. The molecular weight excluding hydrogens is 350 g/mol. The zero-order chi connectivity index (χ0) is 17.8. The number of ether oxygens (including phenoxy) is 1. The van der Waals surface area contributed by atoms with Crippen molar-refractivity contribution in [3.8, 4) is 5.75 Å². The van der Waals surface area contributed by atoms with Crippen LogP contribution in [-0.2, 0) is 11.2 Å². The zero-order valence-corrected chi connectivity index (χ0v) is 13.8. The van der Waals surface area contributed by atoms with E-state index < -0.39 is 6.61 Å². The number of aromatic nitrogens is 1. The largest absolute Gasteiger partial charge is 0.433 e. The van der Waals surface area contributed by atoms with Crippen LogP contribution in [0, 0.1) is 0 Å². The van der Waals surface area contributed by atoms with Crippen LogP contribution in [0.3, 0.4) is 0 Å². The Bertz CT molecular complexity index is 896. The van der Waals surface area contributed by atoms with E-state index in [1.807, 2.05) is 30.5 Å². The molecule has 1 aromatic heterocycles. The minimum Gasteiger partial charge on any atom is -0.433 e. The van der Waals surface area contributed by atoms with Crippen LogP contribution >= 0.6 is 11.6 Å². The van der Waals surface area contributed by atoms with Crippen molar-refractivity contribution in [2.45, 2.75) is 19.5 Å². The fourth-order valence-electron chi connectivity index (χ4n) is 2.58. The van der Waals surface area contributed by atoms with Crippen LogP contribution in [0.4, 0.5) is 14.5 Å². The average Bonchev–Trinajstić information content (AvgIpc) is 2.98. The highest BCUT2D eigenvalue weighted by molar-refractivity contribution is 6.32. The van der Waals surface area contributed by atoms with Crippen molar-refractivity contribution >= 4 is 34.1 Å². The van der Waals surface area contributed by atoms with E-state index in [2.05, 4.69) is 15.0 Å². The summed E-state index contributed by atoms with van der Waals surface area (Å²) in [5, 5.41) is 3.80. The molecule has 0 saturated carbocycles. The quantitative estimate of drug-likeness (QED) is 0.647. The van der Waals surface area contributed by atoms with E-state index in [9.17, 15) is 13.6 Å². The Morgan fingerprint density at radius 3 is 2.80 bits per heavy atom. The fourth-order valence-corrected chi connectivity index (χ4v) is 2.81. The molecule has 3 aromatic rings. The number of rotatable bonds is 6. The molecule has 0 bridgehead atoms. The summed E-state index contributed by atoms with van der Waals surface area (Å²) < 4.78 is 28.7. The average molecular weight is 365 g/mol. The Morgan fingerprint density at radius 1 is 1.24 bits per heavy atom. The van der Waals surface area contributed by atoms with E-state index >= 15 is 0 Å². The molecule has 130 valence electrons. The summed E-state index contributed by atoms with van der Waals surface area (Å²) in [6, 6.07) is 12.0. The molecular formula is C18H15ClF2N2O2. The second kappa shape index (κ2) is 7.53. The topological polar surface area (TPSA) is 54.1 Å². The summed E-state index contributed by atoms with van der Waals surface area (Å²) in [5.74, 6) is -0.322. The Kier molecular flexibility index (Phi) is 5.19. The van der Waals surface area contributed by atoms with Gasteiger partial charge in [0.25, 0.3) is 0 Å². The number of amides is 1. The number of anilines is 1. The monoisotopic (exact) mass is 364 g/mol. The van der Waals surface area contributed by atoms with Gasteiger partial charge in [0, 0.05) is 29.2 Å². The number of H-pyrrole nitrogens is 1. The van der Waals surface area contributed by atoms with Gasteiger partial charge in [0.2, 0.25) is 5.91 Å². The van der Waals surface area contributed by atoms with Crippen molar-refractivity contribution in [2.75, 3.05) is 5.32 Å². The van der Waals surface area contributed by atoms with Gasteiger partial charge in [-0.2, -0.15) is 8.78 Å². The smallest absolute Gasteiger partial charge is 0.387 e. The van der Waals surface area contributed by atoms with Gasteiger partial charge in [-0.05, 0) is 36.2 Å². The van der Waals surface area contributed by atoms with Gasteiger partial charge in [-0.25, -0.2) is 0 Å². The minimum atomic E-state index is -2.95. The molecule has 0 aliphatic rings. The molecule has 2 N–H and O–H groups in total. The standard InChI is InChI=1S/C18H15ClF2N2O2/c19-14-9-12(6-7-16(14)25-18(20)21)23-17(24)8-5-11-10-22-15-4-2-1-3-13(11)15/h1-4,6-7,9-10,18,22H,5,8H2,(H,23,24). The number of hydrogen-bond acceptors (Lipinski definition) is 2. The third-order valence-electron chi connectivity index (χ3n) is 3.73. The highest BCUT2D eigenvalue weighted by atomic mass is 35.5. The van der Waals surface area contributed by atoms with E-state index in [1.54, 1.807) is 0 Å². The lowest BCUT2D eigenvalue weighted by atomic mass is 10.1. The Balaban J connectivity index is 1.60. The molecule has 1 heterocycles. The molecule has 0 aliphatic heterocycles. The van der Waals surface area contributed by atoms with Crippen molar-refractivity contribution in [2.24, 2.45) is 0 Å². The van der Waals surface area contributed by atoms with Gasteiger partial charge in [0.05, 0.1) is 5.02 Å². The van der Waals surface area contributed by atoms with Gasteiger partial charge >= 0.3 is 6.61 Å². The van der Waals surface area contributed by atoms with E-state index in [-0.39, 0.29) is 23.1 Å².